The summed E-state index contributed by atoms with van der Waals surface area (Å²) >= 11 is 0. The minimum Gasteiger partial charge on any atom is -0.478 e. The van der Waals surface area contributed by atoms with Gasteiger partial charge in [0.1, 0.15) is 0 Å². The number of hydrogen-bond acceptors (Lipinski definition) is 2. The van der Waals surface area contributed by atoms with E-state index in [0.29, 0.717) is 5.56 Å². The molecular weight excluding hydrogens is 190 g/mol. The third-order valence-electron chi connectivity index (χ3n) is 2.35. The highest BCUT2D eigenvalue weighted by Crippen LogP contribution is 2.20. The third kappa shape index (κ3) is 2.72. The van der Waals surface area contributed by atoms with Crippen LogP contribution in [0.15, 0.2) is 24.3 Å². The van der Waals surface area contributed by atoms with E-state index >= 15 is 0 Å². The molecule has 0 aromatic heterocycles. The molecule has 3 nitrogen and oxygen atoms in total. The van der Waals surface area contributed by atoms with Crippen LogP contribution in [0.3, 0.4) is 0 Å². The van der Waals surface area contributed by atoms with Gasteiger partial charge in [0.15, 0.2) is 0 Å². The predicted octanol–water partition coefficient (Wildman–Crippen LogP) is 2.62. The van der Waals surface area contributed by atoms with Crippen molar-refractivity contribution in [1.82, 2.24) is 0 Å². The van der Waals surface area contributed by atoms with Crippen LogP contribution < -0.4 is 4.90 Å². The van der Waals surface area contributed by atoms with Gasteiger partial charge in [-0.25, -0.2) is 4.79 Å². The molecule has 1 rings (SSSR count). The average Bonchev–Trinajstić information content (AvgIpc) is 2.26. The van der Waals surface area contributed by atoms with Gasteiger partial charge in [-0.15, -0.1) is 0 Å². The molecule has 0 aliphatic carbocycles. The molecule has 15 heavy (non-hydrogen) atoms. The van der Waals surface area contributed by atoms with Crippen molar-refractivity contribution in [3.63, 3.8) is 0 Å². The van der Waals surface area contributed by atoms with Crippen LogP contribution in [0.2, 0.25) is 0 Å². The summed E-state index contributed by atoms with van der Waals surface area (Å²) < 4.78 is 0. The molecular formula is C12H17NO2. The smallest absolute Gasteiger partial charge is 0.337 e. The number of carbonyl (C=O) groups is 1. The van der Waals surface area contributed by atoms with E-state index in [-0.39, 0.29) is 0 Å². The van der Waals surface area contributed by atoms with Crippen molar-refractivity contribution in [3.05, 3.63) is 29.8 Å². The van der Waals surface area contributed by atoms with E-state index in [1.54, 1.807) is 12.1 Å². The number of para-hydroxylation sites is 1. The molecule has 0 radical (unpaired) electrons. The maximum absolute atomic E-state index is 11.0. The number of benzene rings is 1. The van der Waals surface area contributed by atoms with E-state index in [1.165, 1.54) is 0 Å². The van der Waals surface area contributed by atoms with E-state index in [2.05, 4.69) is 11.8 Å². The summed E-state index contributed by atoms with van der Waals surface area (Å²) in [6.45, 7) is 5.85. The Morgan fingerprint density at radius 1 is 1.33 bits per heavy atom. The van der Waals surface area contributed by atoms with Crippen molar-refractivity contribution in [2.45, 2.75) is 20.3 Å². The van der Waals surface area contributed by atoms with E-state index in [4.69, 9.17) is 5.11 Å². The first kappa shape index (κ1) is 11.6. The molecule has 0 fully saturated rings. The largest absolute Gasteiger partial charge is 0.478 e. The lowest BCUT2D eigenvalue weighted by Gasteiger charge is -2.23. The van der Waals surface area contributed by atoms with Gasteiger partial charge in [0.2, 0.25) is 0 Å². The van der Waals surface area contributed by atoms with Crippen LogP contribution in [0.1, 0.15) is 30.6 Å². The van der Waals surface area contributed by atoms with Gasteiger partial charge < -0.3 is 10.0 Å². The second-order valence-electron chi connectivity index (χ2n) is 3.40. The second-order valence-corrected chi connectivity index (χ2v) is 3.40. The van der Waals surface area contributed by atoms with Crippen molar-refractivity contribution in [3.8, 4) is 0 Å². The van der Waals surface area contributed by atoms with Crippen molar-refractivity contribution in [1.29, 1.82) is 0 Å². The van der Waals surface area contributed by atoms with Gasteiger partial charge in [-0.05, 0) is 25.5 Å². The van der Waals surface area contributed by atoms with Crippen molar-refractivity contribution < 1.29 is 9.90 Å². The Bertz CT molecular complexity index is 336. The fraction of sp³-hybridized carbons (Fsp3) is 0.417. The first-order valence-electron chi connectivity index (χ1n) is 5.28. The number of nitrogens with zero attached hydrogens (tertiary/aromatic N) is 1. The van der Waals surface area contributed by atoms with Crippen LogP contribution in [-0.4, -0.2) is 24.2 Å². The molecule has 0 saturated heterocycles. The van der Waals surface area contributed by atoms with Crippen LogP contribution in [-0.2, 0) is 0 Å². The van der Waals surface area contributed by atoms with Gasteiger partial charge in [-0.1, -0.05) is 19.1 Å². The number of rotatable bonds is 5. The van der Waals surface area contributed by atoms with Gasteiger partial charge in [-0.3, -0.25) is 0 Å². The van der Waals surface area contributed by atoms with Crippen LogP contribution in [0.4, 0.5) is 5.69 Å². The van der Waals surface area contributed by atoms with Crippen LogP contribution in [0.5, 0.6) is 0 Å². The Morgan fingerprint density at radius 3 is 2.53 bits per heavy atom. The number of carboxylic acids is 1. The highest BCUT2D eigenvalue weighted by Gasteiger charge is 2.13. The standard InChI is InChI=1S/C12H17NO2/c1-3-9-13(4-2)11-8-6-5-7-10(11)12(14)15/h5-8H,3-4,9H2,1-2H3,(H,14,15). The topological polar surface area (TPSA) is 40.5 Å². The molecule has 0 amide bonds. The Labute approximate surface area is 90.3 Å². The lowest BCUT2D eigenvalue weighted by atomic mass is 10.1. The zero-order valence-corrected chi connectivity index (χ0v) is 9.23. The van der Waals surface area contributed by atoms with E-state index in [0.717, 1.165) is 25.2 Å². The SMILES string of the molecule is CCCN(CC)c1ccccc1C(=O)O. The van der Waals surface area contributed by atoms with E-state index in [9.17, 15) is 4.79 Å². The number of aromatic carboxylic acids is 1. The van der Waals surface area contributed by atoms with Gasteiger partial charge in [0.25, 0.3) is 0 Å². The summed E-state index contributed by atoms with van der Waals surface area (Å²) in [6.07, 6.45) is 1.02. The number of anilines is 1. The van der Waals surface area contributed by atoms with Gasteiger partial charge in [-0.2, -0.15) is 0 Å². The molecule has 0 unspecified atom stereocenters. The van der Waals surface area contributed by atoms with Crippen molar-refractivity contribution in [2.75, 3.05) is 18.0 Å². The normalized spacial score (nSPS) is 10.0. The third-order valence-corrected chi connectivity index (χ3v) is 2.35. The van der Waals surface area contributed by atoms with Crippen LogP contribution in [0, 0.1) is 0 Å². The quantitative estimate of drug-likeness (QED) is 0.806. The molecule has 0 heterocycles. The number of hydrogen-bond donors (Lipinski definition) is 1. The van der Waals surface area contributed by atoms with Crippen molar-refractivity contribution in [2.24, 2.45) is 0 Å². The average molecular weight is 207 g/mol. The molecule has 0 spiro atoms. The van der Waals surface area contributed by atoms with Crippen LogP contribution in [0.25, 0.3) is 0 Å². The van der Waals surface area contributed by atoms with Gasteiger partial charge in [0, 0.05) is 13.1 Å². The lowest BCUT2D eigenvalue weighted by Crippen LogP contribution is -2.25. The predicted molar refractivity (Wildman–Crippen MR) is 61.6 cm³/mol. The molecule has 3 heteroatoms. The summed E-state index contributed by atoms with van der Waals surface area (Å²) in [5, 5.41) is 9.05. The first-order valence-corrected chi connectivity index (χ1v) is 5.28. The summed E-state index contributed by atoms with van der Waals surface area (Å²) in [6, 6.07) is 7.14. The minimum absolute atomic E-state index is 0.382. The molecule has 0 aliphatic heterocycles. The molecule has 1 N–H and O–H groups in total. The second kappa shape index (κ2) is 5.39. The van der Waals surface area contributed by atoms with Crippen molar-refractivity contribution >= 4 is 11.7 Å². The Kier molecular flexibility index (Phi) is 4.16. The fourth-order valence-corrected chi connectivity index (χ4v) is 1.65. The maximum Gasteiger partial charge on any atom is 0.337 e. The monoisotopic (exact) mass is 207 g/mol. The van der Waals surface area contributed by atoms with Gasteiger partial charge >= 0.3 is 5.97 Å². The van der Waals surface area contributed by atoms with Crippen LogP contribution >= 0.6 is 0 Å². The zero-order chi connectivity index (χ0) is 11.3. The summed E-state index contributed by atoms with van der Waals surface area (Å²) in [4.78, 5) is 13.1. The number of carboxylic acid groups (broad SMARTS) is 1. The molecule has 0 bridgehead atoms. The summed E-state index contributed by atoms with van der Waals surface area (Å²) in [5.41, 5.74) is 1.20. The molecule has 0 atom stereocenters. The van der Waals surface area contributed by atoms with E-state index < -0.39 is 5.97 Å². The maximum atomic E-state index is 11.0. The van der Waals surface area contributed by atoms with E-state index in [1.807, 2.05) is 19.1 Å². The highest BCUT2D eigenvalue weighted by atomic mass is 16.4. The van der Waals surface area contributed by atoms with Gasteiger partial charge in [0.05, 0.1) is 11.3 Å². The first-order chi connectivity index (χ1) is 7.20. The Balaban J connectivity index is 3.04. The Morgan fingerprint density at radius 2 is 2.00 bits per heavy atom. The lowest BCUT2D eigenvalue weighted by molar-refractivity contribution is 0.0697. The summed E-state index contributed by atoms with van der Waals surface area (Å²) in [7, 11) is 0. The fourth-order valence-electron chi connectivity index (χ4n) is 1.65. The minimum atomic E-state index is -0.861. The molecule has 0 aliphatic rings. The molecule has 1 aromatic carbocycles. The molecule has 1 aromatic rings. The Hall–Kier alpha value is -1.51. The highest BCUT2D eigenvalue weighted by molar-refractivity contribution is 5.94. The molecule has 82 valence electrons. The zero-order valence-electron chi connectivity index (χ0n) is 9.23. The molecule has 0 saturated carbocycles. The summed E-state index contributed by atoms with van der Waals surface area (Å²) in [5.74, 6) is -0.861.